The van der Waals surface area contributed by atoms with Gasteiger partial charge >= 0.3 is 11.9 Å². The highest BCUT2D eigenvalue weighted by molar-refractivity contribution is 7.99. The molecule has 1 aromatic carbocycles. The van der Waals surface area contributed by atoms with Gasteiger partial charge in [-0.1, -0.05) is 12.1 Å². The molecule has 2 N–H and O–H groups in total. The number of aliphatic carboxylic acids is 1. The maximum Gasteiger partial charge on any atom is 0.335 e. The molecular formula is C10H10O4S. The highest BCUT2D eigenvalue weighted by atomic mass is 32.2. The molecule has 1 aromatic rings. The molecule has 0 atom stereocenters. The standard InChI is InChI=1S/C10H10O4S/c11-9(12)6-15-5-7-2-1-3-8(4-7)10(13)14/h1-4H,5-6H2,(H,11,12)(H,13,14). The van der Waals surface area contributed by atoms with Crippen LogP contribution in [0.1, 0.15) is 15.9 Å². The summed E-state index contributed by atoms with van der Waals surface area (Å²) in [6, 6.07) is 6.49. The maximum atomic E-state index is 10.6. The van der Waals surface area contributed by atoms with Gasteiger partial charge in [-0.25, -0.2) is 4.79 Å². The lowest BCUT2D eigenvalue weighted by Gasteiger charge is -2.01. The van der Waals surface area contributed by atoms with Crippen LogP contribution in [0.4, 0.5) is 0 Å². The summed E-state index contributed by atoms with van der Waals surface area (Å²) >= 11 is 1.24. The van der Waals surface area contributed by atoms with Crippen molar-refractivity contribution in [1.29, 1.82) is 0 Å². The number of carboxylic acid groups (broad SMARTS) is 2. The Morgan fingerprint density at radius 3 is 2.60 bits per heavy atom. The predicted octanol–water partition coefficient (Wildman–Crippen LogP) is 1.70. The minimum absolute atomic E-state index is 0.0251. The topological polar surface area (TPSA) is 74.6 Å². The van der Waals surface area contributed by atoms with Crippen molar-refractivity contribution >= 4 is 23.7 Å². The number of carboxylic acids is 2. The van der Waals surface area contributed by atoms with Crippen LogP contribution >= 0.6 is 11.8 Å². The second kappa shape index (κ2) is 5.41. The van der Waals surface area contributed by atoms with E-state index in [1.807, 2.05) is 0 Å². The first-order chi connectivity index (χ1) is 7.09. The van der Waals surface area contributed by atoms with Gasteiger partial charge in [-0.2, -0.15) is 0 Å². The van der Waals surface area contributed by atoms with E-state index in [4.69, 9.17) is 10.2 Å². The lowest BCUT2D eigenvalue weighted by molar-refractivity contribution is -0.133. The summed E-state index contributed by atoms with van der Waals surface area (Å²) < 4.78 is 0. The fraction of sp³-hybridized carbons (Fsp3) is 0.200. The number of hydrogen-bond acceptors (Lipinski definition) is 3. The Kier molecular flexibility index (Phi) is 4.17. The van der Waals surface area contributed by atoms with Gasteiger partial charge in [0.2, 0.25) is 0 Å². The number of carbonyl (C=O) groups is 2. The van der Waals surface area contributed by atoms with E-state index in [1.54, 1.807) is 18.2 Å². The quantitative estimate of drug-likeness (QED) is 0.799. The number of aromatic carboxylic acids is 1. The van der Waals surface area contributed by atoms with Crippen LogP contribution in [0.2, 0.25) is 0 Å². The van der Waals surface area contributed by atoms with Crippen molar-refractivity contribution in [2.75, 3.05) is 5.75 Å². The second-order valence-electron chi connectivity index (χ2n) is 2.89. The maximum absolute atomic E-state index is 10.6. The minimum Gasteiger partial charge on any atom is -0.481 e. The first-order valence-corrected chi connectivity index (χ1v) is 5.37. The van der Waals surface area contributed by atoms with Crippen LogP contribution in [0.5, 0.6) is 0 Å². The summed E-state index contributed by atoms with van der Waals surface area (Å²) in [6.45, 7) is 0. The van der Waals surface area contributed by atoms with Crippen molar-refractivity contribution in [3.63, 3.8) is 0 Å². The molecule has 0 bridgehead atoms. The van der Waals surface area contributed by atoms with E-state index < -0.39 is 11.9 Å². The van der Waals surface area contributed by atoms with E-state index >= 15 is 0 Å². The van der Waals surface area contributed by atoms with Crippen molar-refractivity contribution < 1.29 is 19.8 Å². The van der Waals surface area contributed by atoms with E-state index in [2.05, 4.69) is 0 Å². The van der Waals surface area contributed by atoms with Gasteiger partial charge in [0.25, 0.3) is 0 Å². The summed E-state index contributed by atoms with van der Waals surface area (Å²) in [5.74, 6) is -1.31. The molecule has 0 aliphatic carbocycles. The summed E-state index contributed by atoms with van der Waals surface area (Å²) in [5.41, 5.74) is 1.05. The molecule has 15 heavy (non-hydrogen) atoms. The van der Waals surface area contributed by atoms with Crippen molar-refractivity contribution in [2.45, 2.75) is 5.75 Å². The largest absolute Gasteiger partial charge is 0.481 e. The summed E-state index contributed by atoms with van der Waals surface area (Å²) in [6.07, 6.45) is 0. The van der Waals surface area contributed by atoms with Crippen LogP contribution in [-0.4, -0.2) is 27.9 Å². The van der Waals surface area contributed by atoms with E-state index in [9.17, 15) is 9.59 Å². The molecule has 0 aliphatic rings. The molecule has 0 fully saturated rings. The van der Waals surface area contributed by atoms with Gasteiger partial charge in [0.05, 0.1) is 11.3 Å². The van der Waals surface area contributed by atoms with Crippen LogP contribution in [0, 0.1) is 0 Å². The first kappa shape index (κ1) is 11.6. The SMILES string of the molecule is O=C(O)CSCc1cccc(C(=O)O)c1. The Balaban J connectivity index is 2.58. The summed E-state index contributed by atoms with van der Waals surface area (Å²) in [5, 5.41) is 17.1. The van der Waals surface area contributed by atoms with Gasteiger partial charge in [-0.15, -0.1) is 11.8 Å². The Bertz CT molecular complexity index is 375. The summed E-state index contributed by atoms with van der Waals surface area (Å²) in [4.78, 5) is 20.9. The predicted molar refractivity (Wildman–Crippen MR) is 57.2 cm³/mol. The Labute approximate surface area is 90.9 Å². The van der Waals surface area contributed by atoms with Gasteiger partial charge in [0.1, 0.15) is 0 Å². The fourth-order valence-corrected chi connectivity index (χ4v) is 1.74. The third-order valence-corrected chi connectivity index (χ3v) is 2.66. The van der Waals surface area contributed by atoms with Gasteiger partial charge in [0.15, 0.2) is 0 Å². The third-order valence-electron chi connectivity index (χ3n) is 1.67. The van der Waals surface area contributed by atoms with Gasteiger partial charge in [-0.05, 0) is 17.7 Å². The lowest BCUT2D eigenvalue weighted by Crippen LogP contribution is -1.99. The summed E-state index contributed by atoms with van der Waals surface area (Å²) in [7, 11) is 0. The average molecular weight is 226 g/mol. The zero-order valence-electron chi connectivity index (χ0n) is 7.84. The van der Waals surface area contributed by atoms with Crippen molar-refractivity contribution in [3.05, 3.63) is 35.4 Å². The number of thioether (sulfide) groups is 1. The van der Waals surface area contributed by atoms with Crippen LogP contribution in [0.15, 0.2) is 24.3 Å². The van der Waals surface area contributed by atoms with E-state index in [0.717, 1.165) is 5.56 Å². The molecule has 0 amide bonds. The van der Waals surface area contributed by atoms with Crippen molar-refractivity contribution in [3.8, 4) is 0 Å². The molecule has 5 heteroatoms. The molecule has 0 heterocycles. The monoisotopic (exact) mass is 226 g/mol. The first-order valence-electron chi connectivity index (χ1n) is 4.21. The highest BCUT2D eigenvalue weighted by Crippen LogP contribution is 2.13. The molecule has 0 saturated heterocycles. The van der Waals surface area contributed by atoms with E-state index in [-0.39, 0.29) is 11.3 Å². The number of hydrogen-bond donors (Lipinski definition) is 2. The zero-order valence-corrected chi connectivity index (χ0v) is 8.66. The van der Waals surface area contributed by atoms with E-state index in [0.29, 0.717) is 5.75 Å². The van der Waals surface area contributed by atoms with Gasteiger partial charge < -0.3 is 10.2 Å². The molecule has 0 unspecified atom stereocenters. The van der Waals surface area contributed by atoms with Gasteiger partial charge in [-0.3, -0.25) is 4.79 Å². The second-order valence-corrected chi connectivity index (χ2v) is 3.88. The van der Waals surface area contributed by atoms with Crippen molar-refractivity contribution in [1.82, 2.24) is 0 Å². The zero-order chi connectivity index (χ0) is 11.3. The number of benzene rings is 1. The normalized spacial score (nSPS) is 9.87. The van der Waals surface area contributed by atoms with Gasteiger partial charge in [0, 0.05) is 5.75 Å². The Morgan fingerprint density at radius 2 is 2.00 bits per heavy atom. The molecular weight excluding hydrogens is 216 g/mol. The highest BCUT2D eigenvalue weighted by Gasteiger charge is 2.03. The molecule has 4 nitrogen and oxygen atoms in total. The van der Waals surface area contributed by atoms with Crippen LogP contribution < -0.4 is 0 Å². The Hall–Kier alpha value is -1.49. The fourth-order valence-electron chi connectivity index (χ4n) is 1.05. The Morgan fingerprint density at radius 1 is 1.27 bits per heavy atom. The molecule has 0 saturated carbocycles. The minimum atomic E-state index is -0.972. The van der Waals surface area contributed by atoms with Crippen LogP contribution in [-0.2, 0) is 10.5 Å². The average Bonchev–Trinajstić information content (AvgIpc) is 2.17. The lowest BCUT2D eigenvalue weighted by atomic mass is 10.1. The molecule has 0 radical (unpaired) electrons. The molecule has 0 aromatic heterocycles. The smallest absolute Gasteiger partial charge is 0.335 e. The van der Waals surface area contributed by atoms with E-state index in [1.165, 1.54) is 17.8 Å². The van der Waals surface area contributed by atoms with Crippen LogP contribution in [0.25, 0.3) is 0 Å². The molecule has 80 valence electrons. The third kappa shape index (κ3) is 4.03. The van der Waals surface area contributed by atoms with Crippen molar-refractivity contribution in [2.24, 2.45) is 0 Å². The molecule has 1 rings (SSSR count). The molecule has 0 aliphatic heterocycles. The number of rotatable bonds is 5. The van der Waals surface area contributed by atoms with Crippen LogP contribution in [0.3, 0.4) is 0 Å². The molecule has 0 spiro atoms.